The molecule has 0 aliphatic carbocycles. The van der Waals surface area contributed by atoms with Crippen molar-refractivity contribution in [2.75, 3.05) is 30.3 Å². The fraction of sp³-hybridized carbons (Fsp3) is 0.625. The quantitative estimate of drug-likeness (QED) is 0.624. The zero-order valence-corrected chi connectivity index (χ0v) is 15.0. The van der Waals surface area contributed by atoms with Crippen molar-refractivity contribution in [1.29, 1.82) is 0 Å². The van der Waals surface area contributed by atoms with Crippen LogP contribution in [-0.2, 0) is 6.18 Å². The van der Waals surface area contributed by atoms with Crippen LogP contribution in [0.4, 0.5) is 18.9 Å². The van der Waals surface area contributed by atoms with Crippen LogP contribution in [0.3, 0.4) is 0 Å². The first-order valence-corrected chi connectivity index (χ1v) is 8.71. The van der Waals surface area contributed by atoms with Crippen LogP contribution < -0.4 is 9.64 Å². The number of nitrogens with zero attached hydrogens (tertiary/aromatic N) is 1. The predicted octanol–water partition coefficient (Wildman–Crippen LogP) is 5.63. The molecule has 0 saturated carbocycles. The van der Waals surface area contributed by atoms with E-state index in [9.17, 15) is 13.2 Å². The van der Waals surface area contributed by atoms with Gasteiger partial charge in [-0.25, -0.2) is 0 Å². The molecular formula is C16H23ClF3NOS. The minimum Gasteiger partial charge on any atom is -0.492 e. The molecule has 0 atom stereocenters. The minimum absolute atomic E-state index is 0. The van der Waals surface area contributed by atoms with E-state index in [2.05, 4.69) is 4.90 Å². The maximum atomic E-state index is 13.3. The van der Waals surface area contributed by atoms with Gasteiger partial charge in [-0.1, -0.05) is 6.92 Å². The Morgan fingerprint density at radius 3 is 2.30 bits per heavy atom. The Balaban J connectivity index is 0.00000264. The van der Waals surface area contributed by atoms with Crippen LogP contribution in [0.25, 0.3) is 0 Å². The number of halogens is 4. The van der Waals surface area contributed by atoms with Gasteiger partial charge in [0.2, 0.25) is 0 Å². The summed E-state index contributed by atoms with van der Waals surface area (Å²) in [5, 5.41) is 0. The summed E-state index contributed by atoms with van der Waals surface area (Å²) in [4.78, 5) is 2.44. The third kappa shape index (κ3) is 5.11. The van der Waals surface area contributed by atoms with Gasteiger partial charge < -0.3 is 9.64 Å². The number of benzene rings is 1. The van der Waals surface area contributed by atoms with Crippen LogP contribution in [0.1, 0.15) is 38.7 Å². The van der Waals surface area contributed by atoms with Crippen LogP contribution in [0.15, 0.2) is 17.0 Å². The van der Waals surface area contributed by atoms with Crippen molar-refractivity contribution in [3.8, 4) is 5.75 Å². The standard InChI is InChI=1S/C16H22F3NOS.ClH/c1-3-21-14-10-12(16(17,18)19)15(22-4-2)11-13(14)20-8-6-5-7-9-20;/h10-11H,3-9H2,1-2H3;1H. The molecule has 1 aliphatic rings. The van der Waals surface area contributed by atoms with Gasteiger partial charge in [0.1, 0.15) is 5.75 Å². The Morgan fingerprint density at radius 1 is 1.13 bits per heavy atom. The van der Waals surface area contributed by atoms with Gasteiger partial charge in [0.25, 0.3) is 0 Å². The monoisotopic (exact) mass is 369 g/mol. The molecule has 7 heteroatoms. The number of piperidine rings is 1. The number of hydrogen-bond donors (Lipinski definition) is 0. The third-order valence-electron chi connectivity index (χ3n) is 3.66. The molecule has 1 aromatic rings. The zero-order chi connectivity index (χ0) is 16.2. The Morgan fingerprint density at radius 2 is 1.78 bits per heavy atom. The summed E-state index contributed by atoms with van der Waals surface area (Å²) in [6, 6.07) is 2.83. The highest BCUT2D eigenvalue weighted by Crippen LogP contribution is 2.43. The van der Waals surface area contributed by atoms with Crippen LogP contribution in [0.5, 0.6) is 5.75 Å². The maximum Gasteiger partial charge on any atom is 0.417 e. The Labute approximate surface area is 146 Å². The van der Waals surface area contributed by atoms with E-state index in [1.54, 1.807) is 13.0 Å². The van der Waals surface area contributed by atoms with Gasteiger partial charge >= 0.3 is 6.18 Å². The van der Waals surface area contributed by atoms with Gasteiger partial charge in [-0.2, -0.15) is 13.2 Å². The van der Waals surface area contributed by atoms with E-state index < -0.39 is 11.7 Å². The predicted molar refractivity (Wildman–Crippen MR) is 92.3 cm³/mol. The smallest absolute Gasteiger partial charge is 0.417 e. The summed E-state index contributed by atoms with van der Waals surface area (Å²) in [6.07, 6.45) is -1.03. The van der Waals surface area contributed by atoms with Crippen molar-refractivity contribution < 1.29 is 17.9 Å². The highest BCUT2D eigenvalue weighted by molar-refractivity contribution is 7.99. The number of alkyl halides is 3. The second kappa shape index (κ2) is 8.92. The molecule has 0 amide bonds. The first-order chi connectivity index (χ1) is 10.5. The molecule has 1 aliphatic heterocycles. The molecule has 23 heavy (non-hydrogen) atoms. The summed E-state index contributed by atoms with van der Waals surface area (Å²) < 4.78 is 45.4. The summed E-state index contributed by atoms with van der Waals surface area (Å²) in [6.45, 7) is 5.77. The van der Waals surface area contributed by atoms with E-state index in [1.165, 1.54) is 24.2 Å². The molecule has 132 valence electrons. The lowest BCUT2D eigenvalue weighted by Crippen LogP contribution is -2.30. The average molecular weight is 370 g/mol. The van der Waals surface area contributed by atoms with Gasteiger partial charge in [-0.05, 0) is 44.1 Å². The maximum absolute atomic E-state index is 13.3. The number of anilines is 1. The van der Waals surface area contributed by atoms with Gasteiger partial charge in [-0.3, -0.25) is 0 Å². The normalized spacial score (nSPS) is 15.3. The summed E-state index contributed by atoms with van der Waals surface area (Å²) in [5.41, 5.74) is 0.203. The van der Waals surface area contributed by atoms with Crippen molar-refractivity contribution in [2.45, 2.75) is 44.2 Å². The molecular weight excluding hydrogens is 347 g/mol. The second-order valence-corrected chi connectivity index (χ2v) is 6.53. The van der Waals surface area contributed by atoms with E-state index in [1.807, 2.05) is 6.92 Å². The molecule has 1 fully saturated rings. The Hall–Kier alpha value is -0.750. The first-order valence-electron chi connectivity index (χ1n) is 7.73. The van der Waals surface area contributed by atoms with Crippen LogP contribution in [-0.4, -0.2) is 25.4 Å². The molecule has 0 unspecified atom stereocenters. The highest BCUT2D eigenvalue weighted by Gasteiger charge is 2.35. The van der Waals surface area contributed by atoms with Crippen molar-refractivity contribution in [3.05, 3.63) is 17.7 Å². The van der Waals surface area contributed by atoms with E-state index in [0.29, 0.717) is 23.0 Å². The average Bonchev–Trinajstić information content (AvgIpc) is 2.48. The van der Waals surface area contributed by atoms with Crippen molar-refractivity contribution in [1.82, 2.24) is 0 Å². The number of rotatable bonds is 5. The number of hydrogen-bond acceptors (Lipinski definition) is 3. The van der Waals surface area contributed by atoms with Crippen LogP contribution >= 0.6 is 24.2 Å². The highest BCUT2D eigenvalue weighted by atomic mass is 35.5. The van der Waals surface area contributed by atoms with Gasteiger partial charge in [-0.15, -0.1) is 24.2 Å². The summed E-state index contributed by atoms with van der Waals surface area (Å²) in [5.74, 6) is 0.952. The molecule has 0 N–H and O–H groups in total. The van der Waals surface area contributed by atoms with E-state index >= 15 is 0 Å². The van der Waals surface area contributed by atoms with Crippen LogP contribution in [0, 0.1) is 0 Å². The molecule has 0 aromatic heterocycles. The fourth-order valence-electron chi connectivity index (χ4n) is 2.70. The molecule has 2 nitrogen and oxygen atoms in total. The van der Waals surface area contributed by atoms with Gasteiger partial charge in [0.15, 0.2) is 0 Å². The van der Waals surface area contributed by atoms with Gasteiger partial charge in [0, 0.05) is 18.0 Å². The van der Waals surface area contributed by atoms with Crippen molar-refractivity contribution in [3.63, 3.8) is 0 Å². The number of ether oxygens (including phenoxy) is 1. The lowest BCUT2D eigenvalue weighted by atomic mass is 10.1. The minimum atomic E-state index is -4.36. The van der Waals surface area contributed by atoms with Crippen molar-refractivity contribution in [2.24, 2.45) is 0 Å². The Bertz CT molecular complexity index is 505. The lowest BCUT2D eigenvalue weighted by Gasteiger charge is -2.31. The summed E-state index contributed by atoms with van der Waals surface area (Å²) >= 11 is 1.23. The van der Waals surface area contributed by atoms with Crippen LogP contribution in [0.2, 0.25) is 0 Å². The largest absolute Gasteiger partial charge is 0.492 e. The van der Waals surface area contributed by atoms with E-state index in [0.717, 1.165) is 31.6 Å². The number of thioether (sulfide) groups is 1. The first kappa shape index (κ1) is 20.3. The fourth-order valence-corrected chi connectivity index (χ4v) is 3.53. The molecule has 1 saturated heterocycles. The van der Waals surface area contributed by atoms with Crippen molar-refractivity contribution >= 4 is 29.9 Å². The van der Waals surface area contributed by atoms with E-state index in [4.69, 9.17) is 4.74 Å². The lowest BCUT2D eigenvalue weighted by molar-refractivity contribution is -0.139. The molecule has 1 heterocycles. The Kier molecular flexibility index (Phi) is 7.87. The van der Waals surface area contributed by atoms with E-state index in [-0.39, 0.29) is 12.4 Å². The zero-order valence-electron chi connectivity index (χ0n) is 13.4. The molecule has 0 spiro atoms. The molecule has 0 bridgehead atoms. The second-order valence-electron chi connectivity index (χ2n) is 5.23. The molecule has 1 aromatic carbocycles. The van der Waals surface area contributed by atoms with Gasteiger partial charge in [0.05, 0.1) is 17.9 Å². The molecule has 0 radical (unpaired) electrons. The molecule has 2 rings (SSSR count). The summed E-state index contributed by atoms with van der Waals surface area (Å²) in [7, 11) is 0. The third-order valence-corrected chi connectivity index (χ3v) is 4.60. The topological polar surface area (TPSA) is 12.5 Å². The SMILES string of the molecule is CCOc1cc(C(F)(F)F)c(SCC)cc1N1CCCCC1.Cl.